The summed E-state index contributed by atoms with van der Waals surface area (Å²) in [6.45, 7) is 1.67. The number of hydrogen-bond acceptors (Lipinski definition) is 4. The van der Waals surface area contributed by atoms with Crippen LogP contribution in [0.2, 0.25) is 0 Å². The minimum atomic E-state index is -4.41. The van der Waals surface area contributed by atoms with E-state index in [1.165, 1.54) is 6.07 Å². The van der Waals surface area contributed by atoms with Gasteiger partial charge in [0.2, 0.25) is 5.91 Å². The predicted molar refractivity (Wildman–Crippen MR) is 105 cm³/mol. The van der Waals surface area contributed by atoms with Gasteiger partial charge in [-0.15, -0.1) is 0 Å². The highest BCUT2D eigenvalue weighted by Gasteiger charge is 2.42. The van der Waals surface area contributed by atoms with Crippen molar-refractivity contribution in [1.82, 2.24) is 15.5 Å². The van der Waals surface area contributed by atoms with Gasteiger partial charge in [0.15, 0.2) is 0 Å². The highest BCUT2D eigenvalue weighted by Crippen LogP contribution is 2.44. The van der Waals surface area contributed by atoms with E-state index in [0.29, 0.717) is 18.7 Å². The first-order chi connectivity index (χ1) is 14.1. The second kappa shape index (κ2) is 8.83. The van der Waals surface area contributed by atoms with Crippen LogP contribution in [0.15, 0.2) is 18.2 Å². The van der Waals surface area contributed by atoms with Gasteiger partial charge in [-0.3, -0.25) is 9.59 Å². The van der Waals surface area contributed by atoms with Gasteiger partial charge in [0, 0.05) is 24.7 Å². The topological polar surface area (TPSA) is 81.7 Å². The van der Waals surface area contributed by atoms with E-state index >= 15 is 0 Å². The first-order valence-corrected chi connectivity index (χ1v) is 10.2. The Morgan fingerprint density at radius 3 is 2.57 bits per heavy atom. The zero-order chi connectivity index (χ0) is 21.9. The summed E-state index contributed by atoms with van der Waals surface area (Å²) < 4.78 is 36.4. The molecule has 1 aromatic rings. The summed E-state index contributed by atoms with van der Waals surface area (Å²) in [6, 6.07) is 5.06. The summed E-state index contributed by atoms with van der Waals surface area (Å²) in [4.78, 5) is 26.2. The fraction of sp³-hybridized carbons (Fsp3) is 0.619. The molecule has 1 heterocycles. The number of hydrogen-bond donors (Lipinski definition) is 3. The summed E-state index contributed by atoms with van der Waals surface area (Å²) in [5, 5.41) is 14.8. The second-order valence-corrected chi connectivity index (χ2v) is 8.53. The van der Waals surface area contributed by atoms with E-state index in [0.717, 1.165) is 37.7 Å². The maximum atomic E-state index is 12.8. The Hall–Kier alpha value is -2.29. The molecule has 2 aliphatic rings. The molecule has 1 saturated heterocycles. The van der Waals surface area contributed by atoms with Gasteiger partial charge in [-0.2, -0.15) is 13.2 Å². The Kier molecular flexibility index (Phi) is 6.59. The number of carbonyl (C=O) groups excluding carboxylic acids is 2. The third-order valence-electron chi connectivity index (χ3n) is 6.27. The first kappa shape index (κ1) is 22.4. The molecule has 9 heteroatoms. The molecule has 1 saturated carbocycles. The number of phenols is 1. The average molecular weight is 427 g/mol. The van der Waals surface area contributed by atoms with E-state index in [9.17, 15) is 27.9 Å². The van der Waals surface area contributed by atoms with Crippen LogP contribution < -0.4 is 10.6 Å². The third-order valence-corrected chi connectivity index (χ3v) is 6.27. The number of nitrogens with one attached hydrogen (secondary N) is 2. The summed E-state index contributed by atoms with van der Waals surface area (Å²) in [5.74, 6) is -0.629. The normalized spacial score (nSPS) is 24.3. The first-order valence-electron chi connectivity index (χ1n) is 10.2. The van der Waals surface area contributed by atoms with Crippen LogP contribution in [-0.2, 0) is 4.79 Å². The van der Waals surface area contributed by atoms with Gasteiger partial charge in [-0.1, -0.05) is 6.07 Å². The summed E-state index contributed by atoms with van der Waals surface area (Å²) in [7, 11) is 0. The Morgan fingerprint density at radius 1 is 1.23 bits per heavy atom. The molecular formula is C21H28F3N3O3. The molecule has 1 aliphatic heterocycles. The van der Waals surface area contributed by atoms with Gasteiger partial charge in [0.25, 0.3) is 5.91 Å². The van der Waals surface area contributed by atoms with Crippen molar-refractivity contribution in [3.63, 3.8) is 0 Å². The van der Waals surface area contributed by atoms with Gasteiger partial charge in [0.1, 0.15) is 12.3 Å². The number of amides is 2. The van der Waals surface area contributed by atoms with Crippen LogP contribution in [-0.4, -0.2) is 60.2 Å². The van der Waals surface area contributed by atoms with Crippen molar-refractivity contribution in [1.29, 1.82) is 0 Å². The van der Waals surface area contributed by atoms with Gasteiger partial charge in [0.05, 0.1) is 6.54 Å². The lowest BCUT2D eigenvalue weighted by molar-refractivity contribution is -0.138. The van der Waals surface area contributed by atoms with Crippen molar-refractivity contribution < 1.29 is 27.9 Å². The summed E-state index contributed by atoms with van der Waals surface area (Å²) in [6.07, 6.45) is -0.0549. The highest BCUT2D eigenvalue weighted by atomic mass is 19.4. The van der Waals surface area contributed by atoms with E-state index in [-0.39, 0.29) is 29.7 Å². The molecule has 166 valence electrons. The molecule has 6 nitrogen and oxygen atoms in total. The van der Waals surface area contributed by atoms with Crippen molar-refractivity contribution in [3.05, 3.63) is 29.3 Å². The molecule has 3 rings (SSSR count). The monoisotopic (exact) mass is 427 g/mol. The number of aromatic hydroxyl groups is 1. The van der Waals surface area contributed by atoms with Gasteiger partial charge >= 0.3 is 6.18 Å². The van der Waals surface area contributed by atoms with Gasteiger partial charge < -0.3 is 20.6 Å². The zero-order valence-corrected chi connectivity index (χ0v) is 17.0. The molecule has 2 amide bonds. The lowest BCUT2D eigenvalue weighted by Gasteiger charge is -2.37. The number of nitrogens with zero attached hydrogens (tertiary/aromatic N) is 1. The highest BCUT2D eigenvalue weighted by molar-refractivity contribution is 5.95. The molecule has 1 aromatic carbocycles. The van der Waals surface area contributed by atoms with E-state index in [1.54, 1.807) is 19.1 Å². The van der Waals surface area contributed by atoms with Crippen molar-refractivity contribution in [2.24, 2.45) is 5.41 Å². The molecule has 0 atom stereocenters. The molecule has 0 bridgehead atoms. The van der Waals surface area contributed by atoms with Gasteiger partial charge in [-0.25, -0.2) is 0 Å². The number of carbonyl (C=O) groups is 2. The number of phenolic OH excluding ortho intramolecular Hbond substituents is 1. The molecule has 0 unspecified atom stereocenters. The number of alkyl halides is 3. The van der Waals surface area contributed by atoms with Crippen LogP contribution >= 0.6 is 0 Å². The van der Waals surface area contributed by atoms with E-state index in [1.807, 2.05) is 10.2 Å². The predicted octanol–water partition coefficient (Wildman–Crippen LogP) is 2.74. The fourth-order valence-electron chi connectivity index (χ4n) is 4.37. The number of likely N-dealkylation sites (tertiary alicyclic amines) is 1. The van der Waals surface area contributed by atoms with Crippen LogP contribution in [0, 0.1) is 12.3 Å². The van der Waals surface area contributed by atoms with Crippen LogP contribution in [0.4, 0.5) is 13.2 Å². The summed E-state index contributed by atoms with van der Waals surface area (Å²) >= 11 is 0. The van der Waals surface area contributed by atoms with Crippen molar-refractivity contribution in [2.45, 2.75) is 51.2 Å². The number of aryl methyl sites for hydroxylation is 1. The number of halogens is 3. The lowest BCUT2D eigenvalue weighted by Crippen LogP contribution is -2.45. The minimum Gasteiger partial charge on any atom is -0.508 e. The molecule has 1 aliphatic carbocycles. The van der Waals surface area contributed by atoms with Crippen molar-refractivity contribution >= 4 is 11.8 Å². The number of rotatable bonds is 5. The van der Waals surface area contributed by atoms with Gasteiger partial charge in [-0.05, 0) is 62.1 Å². The molecule has 0 radical (unpaired) electrons. The van der Waals surface area contributed by atoms with Crippen LogP contribution in [0.25, 0.3) is 0 Å². The molecular weight excluding hydrogens is 399 g/mol. The van der Waals surface area contributed by atoms with Crippen molar-refractivity contribution in [2.75, 3.05) is 26.2 Å². The SMILES string of the molecule is Cc1ccc(C(=O)N2CC[C@]3(CC[C@@H](NCC(=O)NCC(F)(F)F)CC3)C2)cc1O. The molecule has 2 fully saturated rings. The van der Waals surface area contributed by atoms with E-state index in [4.69, 9.17) is 0 Å². The Labute approximate surface area is 173 Å². The summed E-state index contributed by atoms with van der Waals surface area (Å²) in [5.41, 5.74) is 1.26. The molecule has 1 spiro atoms. The average Bonchev–Trinajstić information content (AvgIpc) is 3.10. The molecule has 30 heavy (non-hydrogen) atoms. The molecule has 0 aromatic heterocycles. The van der Waals surface area contributed by atoms with Crippen LogP contribution in [0.1, 0.15) is 48.0 Å². The van der Waals surface area contributed by atoms with E-state index in [2.05, 4.69) is 5.32 Å². The quantitative estimate of drug-likeness (QED) is 0.675. The smallest absolute Gasteiger partial charge is 0.405 e. The maximum Gasteiger partial charge on any atom is 0.405 e. The Bertz CT molecular complexity index is 789. The van der Waals surface area contributed by atoms with Crippen LogP contribution in [0.5, 0.6) is 5.75 Å². The maximum absolute atomic E-state index is 12.8. The minimum absolute atomic E-state index is 0.0547. The van der Waals surface area contributed by atoms with Crippen LogP contribution in [0.3, 0.4) is 0 Å². The Morgan fingerprint density at radius 2 is 1.93 bits per heavy atom. The number of benzene rings is 1. The fourth-order valence-corrected chi connectivity index (χ4v) is 4.37. The standard InChI is InChI=1S/C21H28F3N3O3/c1-14-2-3-15(10-17(14)28)19(30)27-9-8-20(13-27)6-4-16(5-7-20)25-11-18(29)26-12-21(22,23)24/h2-3,10,16,25,28H,4-9,11-13H2,1H3,(H,26,29)/t16-,20-. The second-order valence-electron chi connectivity index (χ2n) is 8.53. The van der Waals surface area contributed by atoms with E-state index < -0.39 is 18.6 Å². The lowest BCUT2D eigenvalue weighted by atomic mass is 9.72. The van der Waals surface area contributed by atoms with Crippen molar-refractivity contribution in [3.8, 4) is 5.75 Å². The zero-order valence-electron chi connectivity index (χ0n) is 17.0. The largest absolute Gasteiger partial charge is 0.508 e. The third kappa shape index (κ3) is 5.65. The molecule has 3 N–H and O–H groups in total. The Balaban J connectivity index is 1.45.